The van der Waals surface area contributed by atoms with Crippen molar-refractivity contribution in [2.45, 2.75) is 52.0 Å². The zero-order chi connectivity index (χ0) is 21.1. The lowest BCUT2D eigenvalue weighted by atomic mass is 9.90. The molecule has 1 atom stereocenters. The number of nitrogens with zero attached hydrogens (tertiary/aromatic N) is 1. The molecule has 31 heavy (non-hydrogen) atoms. The van der Waals surface area contributed by atoms with E-state index in [-0.39, 0.29) is 24.1 Å². The van der Waals surface area contributed by atoms with E-state index in [1.54, 1.807) is 0 Å². The van der Waals surface area contributed by atoms with Crippen LogP contribution in [0.3, 0.4) is 0 Å². The van der Waals surface area contributed by atoms with Gasteiger partial charge >= 0.3 is 0 Å². The summed E-state index contributed by atoms with van der Waals surface area (Å²) in [7, 11) is 0. The summed E-state index contributed by atoms with van der Waals surface area (Å²) in [6.07, 6.45) is 5.39. The minimum Gasteiger partial charge on any atom is -0.461 e. The van der Waals surface area contributed by atoms with Gasteiger partial charge in [0.25, 0.3) is 5.91 Å². The van der Waals surface area contributed by atoms with Gasteiger partial charge in [-0.2, -0.15) is 0 Å². The average Bonchev–Trinajstić information content (AvgIpc) is 3.11. The third-order valence-corrected chi connectivity index (χ3v) is 5.92. The molecule has 1 aliphatic carbocycles. The van der Waals surface area contributed by atoms with E-state index in [0.717, 1.165) is 67.6 Å². The number of carbonyl (C=O) groups excluding carboxylic acids is 1. The fourth-order valence-electron chi connectivity index (χ4n) is 4.51. The Hall–Kier alpha value is -2.37. The molecule has 2 aromatic carbocycles. The minimum absolute atomic E-state index is 0. The monoisotopic (exact) mass is 444 g/mol. The Morgan fingerprint density at radius 1 is 1.13 bits per heavy atom. The second kappa shape index (κ2) is 10.3. The van der Waals surface area contributed by atoms with Crippen molar-refractivity contribution in [2.24, 2.45) is 0 Å². The molecule has 0 saturated heterocycles. The van der Waals surface area contributed by atoms with E-state index in [2.05, 4.69) is 24.1 Å². The standard InChI is InChI=1S/C25H29FN2O2.ClH/c1-3-13-28(14-4-2)20-10-12-24-22(16-20)21-15-19(9-11-23(21)30-24)27-25(29)17-5-7-18(26)8-6-17;/h5-9,11,15,20H,3-4,10,12-14,16H2,1-2H3,(H,27,29);1H. The van der Waals surface area contributed by atoms with Crippen LogP contribution in [0.5, 0.6) is 0 Å². The highest BCUT2D eigenvalue weighted by molar-refractivity contribution is 6.05. The molecule has 0 spiro atoms. The predicted octanol–water partition coefficient (Wildman–Crippen LogP) is 6.23. The van der Waals surface area contributed by atoms with E-state index in [9.17, 15) is 9.18 Å². The third kappa shape index (κ3) is 5.10. The van der Waals surface area contributed by atoms with E-state index >= 15 is 0 Å². The number of fused-ring (bicyclic) bond motifs is 3. The van der Waals surface area contributed by atoms with Gasteiger partial charge in [0.1, 0.15) is 17.2 Å². The van der Waals surface area contributed by atoms with Crippen LogP contribution < -0.4 is 5.32 Å². The maximum atomic E-state index is 13.1. The van der Waals surface area contributed by atoms with Gasteiger partial charge in [-0.15, -0.1) is 12.4 Å². The minimum atomic E-state index is -0.354. The topological polar surface area (TPSA) is 45.5 Å². The summed E-state index contributed by atoms with van der Waals surface area (Å²) in [6, 6.07) is 11.9. The number of hydrogen-bond acceptors (Lipinski definition) is 3. The number of halogens is 2. The first-order valence-corrected chi connectivity index (χ1v) is 10.9. The quantitative estimate of drug-likeness (QED) is 0.470. The summed E-state index contributed by atoms with van der Waals surface area (Å²) in [5, 5.41) is 4.01. The first-order valence-electron chi connectivity index (χ1n) is 10.9. The molecule has 0 radical (unpaired) electrons. The molecule has 0 fully saturated rings. The van der Waals surface area contributed by atoms with Gasteiger partial charge in [0, 0.05) is 34.7 Å². The molecule has 1 aliphatic rings. The first kappa shape index (κ1) is 23.3. The summed E-state index contributed by atoms with van der Waals surface area (Å²) in [6.45, 7) is 6.73. The van der Waals surface area contributed by atoms with Crippen molar-refractivity contribution in [3.05, 3.63) is 65.2 Å². The number of nitrogens with one attached hydrogen (secondary N) is 1. The number of rotatable bonds is 7. The number of anilines is 1. The Morgan fingerprint density at radius 3 is 2.52 bits per heavy atom. The molecule has 1 unspecified atom stereocenters. The Balaban J connectivity index is 0.00000272. The molecule has 166 valence electrons. The smallest absolute Gasteiger partial charge is 0.255 e. The molecule has 4 nitrogen and oxygen atoms in total. The Labute approximate surface area is 189 Å². The summed E-state index contributed by atoms with van der Waals surface area (Å²) in [5.41, 5.74) is 3.30. The van der Waals surface area contributed by atoms with Crippen LogP contribution in [0.15, 0.2) is 46.9 Å². The van der Waals surface area contributed by atoms with Crippen molar-refractivity contribution in [1.29, 1.82) is 0 Å². The van der Waals surface area contributed by atoms with Crippen molar-refractivity contribution in [2.75, 3.05) is 18.4 Å². The fraction of sp³-hybridized carbons (Fsp3) is 0.400. The maximum absolute atomic E-state index is 13.1. The molecule has 4 rings (SSSR count). The summed E-state index contributed by atoms with van der Waals surface area (Å²) in [4.78, 5) is 15.1. The number of aryl methyl sites for hydroxylation is 1. The van der Waals surface area contributed by atoms with Crippen molar-refractivity contribution < 1.29 is 13.6 Å². The molecule has 1 aromatic heterocycles. The highest BCUT2D eigenvalue weighted by Crippen LogP contribution is 2.35. The van der Waals surface area contributed by atoms with Gasteiger partial charge in [-0.1, -0.05) is 13.8 Å². The Kier molecular flexibility index (Phi) is 7.74. The van der Waals surface area contributed by atoms with Crippen LogP contribution >= 0.6 is 12.4 Å². The van der Waals surface area contributed by atoms with Gasteiger partial charge in [-0.3, -0.25) is 4.79 Å². The van der Waals surface area contributed by atoms with E-state index in [0.29, 0.717) is 11.6 Å². The zero-order valence-electron chi connectivity index (χ0n) is 18.1. The number of carbonyl (C=O) groups is 1. The van der Waals surface area contributed by atoms with Crippen molar-refractivity contribution in [3.63, 3.8) is 0 Å². The highest BCUT2D eigenvalue weighted by atomic mass is 35.5. The molecular weight excluding hydrogens is 415 g/mol. The van der Waals surface area contributed by atoms with Crippen molar-refractivity contribution >= 4 is 35.0 Å². The van der Waals surface area contributed by atoms with Gasteiger partial charge in [-0.25, -0.2) is 4.39 Å². The lowest BCUT2D eigenvalue weighted by Crippen LogP contribution is -2.40. The summed E-state index contributed by atoms with van der Waals surface area (Å²) in [5.74, 6) is 0.477. The maximum Gasteiger partial charge on any atom is 0.255 e. The van der Waals surface area contributed by atoms with E-state index < -0.39 is 0 Å². The second-order valence-corrected chi connectivity index (χ2v) is 8.11. The van der Waals surface area contributed by atoms with E-state index in [1.807, 2.05) is 18.2 Å². The van der Waals surface area contributed by atoms with Crippen molar-refractivity contribution in [3.8, 4) is 0 Å². The highest BCUT2D eigenvalue weighted by Gasteiger charge is 2.27. The molecule has 3 aromatic rings. The lowest BCUT2D eigenvalue weighted by molar-refractivity contribution is 0.102. The van der Waals surface area contributed by atoms with Crippen LogP contribution in [0, 0.1) is 5.82 Å². The number of furan rings is 1. The Bertz CT molecular complexity index is 1030. The van der Waals surface area contributed by atoms with E-state index in [1.165, 1.54) is 29.8 Å². The van der Waals surface area contributed by atoms with Gasteiger partial charge in [0.05, 0.1) is 0 Å². The van der Waals surface area contributed by atoms with E-state index in [4.69, 9.17) is 4.42 Å². The largest absolute Gasteiger partial charge is 0.461 e. The lowest BCUT2D eigenvalue weighted by Gasteiger charge is -2.33. The average molecular weight is 445 g/mol. The van der Waals surface area contributed by atoms with Gasteiger partial charge in [-0.05, 0) is 81.2 Å². The molecule has 1 amide bonds. The summed E-state index contributed by atoms with van der Waals surface area (Å²) < 4.78 is 19.2. The normalized spacial score (nSPS) is 15.5. The fourth-order valence-corrected chi connectivity index (χ4v) is 4.51. The van der Waals surface area contributed by atoms with Crippen LogP contribution in [0.25, 0.3) is 11.0 Å². The predicted molar refractivity (Wildman–Crippen MR) is 126 cm³/mol. The molecule has 1 N–H and O–H groups in total. The van der Waals surface area contributed by atoms with Crippen LogP contribution in [-0.2, 0) is 12.8 Å². The number of hydrogen-bond donors (Lipinski definition) is 1. The SMILES string of the molecule is CCCN(CCC)C1CCc2oc3ccc(NC(=O)c4ccc(F)cc4)cc3c2C1.Cl. The molecule has 1 heterocycles. The molecule has 0 saturated carbocycles. The van der Waals surface area contributed by atoms with Crippen LogP contribution in [-0.4, -0.2) is 29.9 Å². The molecule has 0 aliphatic heterocycles. The van der Waals surface area contributed by atoms with Crippen LogP contribution in [0.4, 0.5) is 10.1 Å². The van der Waals surface area contributed by atoms with Crippen LogP contribution in [0.1, 0.15) is 54.8 Å². The van der Waals surface area contributed by atoms with Gasteiger partial charge < -0.3 is 14.6 Å². The second-order valence-electron chi connectivity index (χ2n) is 8.11. The molecule has 0 bridgehead atoms. The van der Waals surface area contributed by atoms with Gasteiger partial charge in [0.15, 0.2) is 0 Å². The summed E-state index contributed by atoms with van der Waals surface area (Å²) >= 11 is 0. The van der Waals surface area contributed by atoms with Crippen LogP contribution in [0.2, 0.25) is 0 Å². The Morgan fingerprint density at radius 2 is 1.84 bits per heavy atom. The first-order chi connectivity index (χ1) is 14.6. The molecule has 6 heteroatoms. The van der Waals surface area contributed by atoms with Gasteiger partial charge in [0.2, 0.25) is 0 Å². The number of amides is 1. The zero-order valence-corrected chi connectivity index (χ0v) is 18.9. The number of benzene rings is 2. The third-order valence-electron chi connectivity index (χ3n) is 5.92. The van der Waals surface area contributed by atoms with Crippen molar-refractivity contribution in [1.82, 2.24) is 4.90 Å². The molecular formula is C25H30ClFN2O2.